The third-order valence-electron chi connectivity index (χ3n) is 2.01. The van der Waals surface area contributed by atoms with Gasteiger partial charge in [-0.05, 0) is 25.0 Å². The zero-order chi connectivity index (χ0) is 11.3. The first-order valence-electron chi connectivity index (χ1n) is 4.70. The minimum Gasteiger partial charge on any atom is -0.478 e. The quantitative estimate of drug-likeness (QED) is 0.572. The van der Waals surface area contributed by atoms with E-state index >= 15 is 0 Å². The highest BCUT2D eigenvalue weighted by atomic mass is 16.4. The Hall–Kier alpha value is -1.84. The minimum absolute atomic E-state index is 0.238. The Morgan fingerprint density at radius 3 is 3.07 bits per heavy atom. The molecular weight excluding hydrogens is 192 g/mol. The third-order valence-corrected chi connectivity index (χ3v) is 2.01. The summed E-state index contributed by atoms with van der Waals surface area (Å²) in [7, 11) is 0. The summed E-state index contributed by atoms with van der Waals surface area (Å²) in [6, 6.07) is 1.68. The zero-order valence-corrected chi connectivity index (χ0v) is 8.66. The molecule has 80 valence electrons. The number of carbonyl (C=O) groups is 1. The molecule has 0 unspecified atom stereocenters. The first-order valence-corrected chi connectivity index (χ1v) is 4.70. The number of rotatable bonds is 5. The van der Waals surface area contributed by atoms with E-state index in [1.807, 2.05) is 0 Å². The summed E-state index contributed by atoms with van der Waals surface area (Å²) in [5, 5.41) is 12.0. The minimum atomic E-state index is -0.957. The molecule has 1 heterocycles. The fourth-order valence-electron chi connectivity index (χ4n) is 1.25. The number of nitrogens with zero attached hydrogens (tertiary/aromatic N) is 1. The Morgan fingerprint density at radius 2 is 2.47 bits per heavy atom. The van der Waals surface area contributed by atoms with Crippen molar-refractivity contribution in [2.45, 2.75) is 13.3 Å². The van der Waals surface area contributed by atoms with Gasteiger partial charge in [0, 0.05) is 12.7 Å². The van der Waals surface area contributed by atoms with Crippen LogP contribution in [0.5, 0.6) is 0 Å². The van der Waals surface area contributed by atoms with Crippen LogP contribution >= 0.6 is 0 Å². The van der Waals surface area contributed by atoms with Crippen LogP contribution < -0.4 is 5.32 Å². The van der Waals surface area contributed by atoms with E-state index in [2.05, 4.69) is 16.9 Å². The van der Waals surface area contributed by atoms with Crippen LogP contribution in [0.4, 0.5) is 5.82 Å². The van der Waals surface area contributed by atoms with Crippen molar-refractivity contribution in [3.8, 4) is 0 Å². The van der Waals surface area contributed by atoms with Gasteiger partial charge in [-0.25, -0.2) is 9.78 Å². The van der Waals surface area contributed by atoms with Gasteiger partial charge in [0.2, 0.25) is 0 Å². The van der Waals surface area contributed by atoms with Gasteiger partial charge in [0.25, 0.3) is 0 Å². The van der Waals surface area contributed by atoms with Crippen molar-refractivity contribution in [3.05, 3.63) is 36.0 Å². The lowest BCUT2D eigenvalue weighted by molar-refractivity contribution is 0.0697. The second-order valence-electron chi connectivity index (χ2n) is 3.16. The fraction of sp³-hybridized carbons (Fsp3) is 0.273. The molecule has 1 rings (SSSR count). The molecule has 0 aliphatic rings. The van der Waals surface area contributed by atoms with Crippen molar-refractivity contribution in [2.75, 3.05) is 11.9 Å². The summed E-state index contributed by atoms with van der Waals surface area (Å²) in [4.78, 5) is 15.0. The van der Waals surface area contributed by atoms with Crippen molar-refractivity contribution in [1.29, 1.82) is 0 Å². The summed E-state index contributed by atoms with van der Waals surface area (Å²) in [6.45, 7) is 5.98. The highest BCUT2D eigenvalue weighted by molar-refractivity contribution is 5.94. The SMILES string of the molecule is C=CCCNc1nccc(C)c1C(=O)O. The largest absolute Gasteiger partial charge is 0.478 e. The van der Waals surface area contributed by atoms with Gasteiger partial charge in [-0.1, -0.05) is 6.08 Å². The monoisotopic (exact) mass is 206 g/mol. The molecule has 0 aromatic carbocycles. The van der Waals surface area contributed by atoms with E-state index in [0.29, 0.717) is 17.9 Å². The summed E-state index contributed by atoms with van der Waals surface area (Å²) in [6.07, 6.45) is 4.13. The second-order valence-corrected chi connectivity index (χ2v) is 3.16. The standard InChI is InChI=1S/C11H14N2O2/c1-3-4-6-12-10-9(11(14)15)8(2)5-7-13-10/h3,5,7H,1,4,6H2,2H3,(H,12,13)(H,14,15). The van der Waals surface area contributed by atoms with Crippen LogP contribution in [-0.2, 0) is 0 Å². The molecule has 0 atom stereocenters. The summed E-state index contributed by atoms with van der Waals surface area (Å²) < 4.78 is 0. The molecule has 1 aromatic heterocycles. The van der Waals surface area contributed by atoms with E-state index in [1.165, 1.54) is 0 Å². The molecule has 0 aliphatic carbocycles. The molecule has 0 spiro atoms. The van der Waals surface area contributed by atoms with E-state index in [1.54, 1.807) is 25.3 Å². The van der Waals surface area contributed by atoms with Crippen LogP contribution in [0.25, 0.3) is 0 Å². The van der Waals surface area contributed by atoms with Crippen LogP contribution in [0.2, 0.25) is 0 Å². The first kappa shape index (κ1) is 11.2. The number of nitrogens with one attached hydrogen (secondary N) is 1. The first-order chi connectivity index (χ1) is 7.16. The zero-order valence-electron chi connectivity index (χ0n) is 8.66. The predicted molar refractivity (Wildman–Crippen MR) is 59.2 cm³/mol. The number of hydrogen-bond acceptors (Lipinski definition) is 3. The van der Waals surface area contributed by atoms with Crippen LogP contribution in [0.3, 0.4) is 0 Å². The molecule has 0 bridgehead atoms. The number of carboxylic acid groups (broad SMARTS) is 1. The smallest absolute Gasteiger partial charge is 0.339 e. The maximum Gasteiger partial charge on any atom is 0.339 e. The highest BCUT2D eigenvalue weighted by Gasteiger charge is 2.13. The molecule has 0 fully saturated rings. The van der Waals surface area contributed by atoms with Gasteiger partial charge >= 0.3 is 5.97 Å². The van der Waals surface area contributed by atoms with Gasteiger partial charge in [-0.3, -0.25) is 0 Å². The van der Waals surface area contributed by atoms with E-state index in [4.69, 9.17) is 5.11 Å². The molecule has 0 aliphatic heterocycles. The van der Waals surface area contributed by atoms with Crippen molar-refractivity contribution in [2.24, 2.45) is 0 Å². The number of hydrogen-bond donors (Lipinski definition) is 2. The van der Waals surface area contributed by atoms with Crippen LogP contribution in [-0.4, -0.2) is 22.6 Å². The third kappa shape index (κ3) is 2.80. The molecule has 15 heavy (non-hydrogen) atoms. The van der Waals surface area contributed by atoms with E-state index in [0.717, 1.165) is 6.42 Å². The van der Waals surface area contributed by atoms with Crippen molar-refractivity contribution in [3.63, 3.8) is 0 Å². The summed E-state index contributed by atoms with van der Waals surface area (Å²) in [5.41, 5.74) is 0.945. The lowest BCUT2D eigenvalue weighted by Crippen LogP contribution is -2.10. The number of aromatic carboxylic acids is 1. The second kappa shape index (κ2) is 5.14. The lowest BCUT2D eigenvalue weighted by atomic mass is 10.1. The summed E-state index contributed by atoms with van der Waals surface area (Å²) >= 11 is 0. The average molecular weight is 206 g/mol. The molecular formula is C11H14N2O2. The lowest BCUT2D eigenvalue weighted by Gasteiger charge is -2.08. The molecule has 1 aromatic rings. The Balaban J connectivity index is 2.90. The Morgan fingerprint density at radius 1 is 1.73 bits per heavy atom. The molecule has 4 nitrogen and oxygen atoms in total. The highest BCUT2D eigenvalue weighted by Crippen LogP contribution is 2.16. The maximum absolute atomic E-state index is 11.0. The molecule has 0 saturated carbocycles. The van der Waals surface area contributed by atoms with Gasteiger partial charge in [0.05, 0.1) is 0 Å². The average Bonchev–Trinajstić information content (AvgIpc) is 2.17. The van der Waals surface area contributed by atoms with Crippen LogP contribution in [0.15, 0.2) is 24.9 Å². The van der Waals surface area contributed by atoms with E-state index in [-0.39, 0.29) is 5.56 Å². The van der Waals surface area contributed by atoms with Gasteiger partial charge in [0.1, 0.15) is 11.4 Å². The number of carboxylic acids is 1. The molecule has 0 radical (unpaired) electrons. The number of aromatic nitrogens is 1. The summed E-state index contributed by atoms with van der Waals surface area (Å²) in [5.74, 6) is -0.536. The van der Waals surface area contributed by atoms with Crippen molar-refractivity contribution < 1.29 is 9.90 Å². The van der Waals surface area contributed by atoms with Gasteiger partial charge < -0.3 is 10.4 Å². The topological polar surface area (TPSA) is 62.2 Å². The molecule has 4 heteroatoms. The van der Waals surface area contributed by atoms with E-state index < -0.39 is 5.97 Å². The van der Waals surface area contributed by atoms with Crippen LogP contribution in [0, 0.1) is 6.92 Å². The maximum atomic E-state index is 11.0. The number of aryl methyl sites for hydroxylation is 1. The normalized spacial score (nSPS) is 9.67. The fourth-order valence-corrected chi connectivity index (χ4v) is 1.25. The molecule has 0 saturated heterocycles. The van der Waals surface area contributed by atoms with Gasteiger partial charge in [-0.2, -0.15) is 0 Å². The predicted octanol–water partition coefficient (Wildman–Crippen LogP) is 2.08. The number of pyridine rings is 1. The van der Waals surface area contributed by atoms with Crippen molar-refractivity contribution in [1.82, 2.24) is 4.98 Å². The molecule has 0 amide bonds. The Labute approximate surface area is 88.7 Å². The Bertz CT molecular complexity index is 375. The number of anilines is 1. The van der Waals surface area contributed by atoms with Crippen LogP contribution in [0.1, 0.15) is 22.3 Å². The van der Waals surface area contributed by atoms with Gasteiger partial charge in [0.15, 0.2) is 0 Å². The molecule has 2 N–H and O–H groups in total. The van der Waals surface area contributed by atoms with Crippen molar-refractivity contribution >= 4 is 11.8 Å². The van der Waals surface area contributed by atoms with E-state index in [9.17, 15) is 4.79 Å². The van der Waals surface area contributed by atoms with Gasteiger partial charge in [-0.15, -0.1) is 6.58 Å². The Kier molecular flexibility index (Phi) is 3.85.